The van der Waals surface area contributed by atoms with E-state index in [0.717, 1.165) is 11.3 Å². The molecule has 0 aliphatic carbocycles. The van der Waals surface area contributed by atoms with Crippen molar-refractivity contribution in [2.45, 2.75) is 6.42 Å². The molecule has 3 nitrogen and oxygen atoms in total. The van der Waals surface area contributed by atoms with E-state index >= 15 is 0 Å². The maximum Gasteiger partial charge on any atom is 0.126 e. The summed E-state index contributed by atoms with van der Waals surface area (Å²) >= 11 is 0. The molecule has 16 heavy (non-hydrogen) atoms. The standard InChI is InChI=1S/C12H11FN2O/c1-16-12-7-10(13)3-2-9(12)6-11-4-5-14-8-15-11/h2-5,7-8H,6H2,1H3. The molecule has 0 amide bonds. The highest BCUT2D eigenvalue weighted by Gasteiger charge is 2.05. The first-order valence-electron chi connectivity index (χ1n) is 4.87. The normalized spacial score (nSPS) is 10.1. The van der Waals surface area contributed by atoms with Crippen LogP contribution in [0.25, 0.3) is 0 Å². The van der Waals surface area contributed by atoms with Crippen LogP contribution in [0.3, 0.4) is 0 Å². The lowest BCUT2D eigenvalue weighted by Gasteiger charge is -2.07. The van der Waals surface area contributed by atoms with Crippen molar-refractivity contribution in [3.63, 3.8) is 0 Å². The fourth-order valence-corrected chi connectivity index (χ4v) is 1.48. The number of aromatic nitrogens is 2. The van der Waals surface area contributed by atoms with Crippen LogP contribution >= 0.6 is 0 Å². The quantitative estimate of drug-likeness (QED) is 0.792. The summed E-state index contributed by atoms with van der Waals surface area (Å²) in [6, 6.07) is 6.31. The molecule has 0 radical (unpaired) electrons. The first-order chi connectivity index (χ1) is 7.79. The third kappa shape index (κ3) is 2.34. The molecule has 0 saturated heterocycles. The third-order valence-corrected chi connectivity index (χ3v) is 2.26. The van der Waals surface area contributed by atoms with Gasteiger partial charge in [0.1, 0.15) is 17.9 Å². The van der Waals surface area contributed by atoms with E-state index < -0.39 is 0 Å². The maximum absolute atomic E-state index is 13.0. The van der Waals surface area contributed by atoms with E-state index in [4.69, 9.17) is 4.74 Å². The van der Waals surface area contributed by atoms with Gasteiger partial charge in [-0.05, 0) is 12.1 Å². The highest BCUT2D eigenvalue weighted by molar-refractivity contribution is 5.36. The van der Waals surface area contributed by atoms with Crippen molar-refractivity contribution in [2.75, 3.05) is 7.11 Å². The van der Waals surface area contributed by atoms with Crippen molar-refractivity contribution >= 4 is 0 Å². The van der Waals surface area contributed by atoms with Crippen LogP contribution < -0.4 is 4.74 Å². The predicted molar refractivity (Wildman–Crippen MR) is 57.8 cm³/mol. The van der Waals surface area contributed by atoms with Crippen LogP contribution in [0.1, 0.15) is 11.3 Å². The SMILES string of the molecule is COc1cc(F)ccc1Cc1ccncn1. The molecule has 0 aliphatic heterocycles. The van der Waals surface area contributed by atoms with Gasteiger partial charge >= 0.3 is 0 Å². The second-order valence-electron chi connectivity index (χ2n) is 3.33. The Balaban J connectivity index is 2.28. The second-order valence-corrected chi connectivity index (χ2v) is 3.33. The van der Waals surface area contributed by atoms with Gasteiger partial charge in [-0.2, -0.15) is 0 Å². The van der Waals surface area contributed by atoms with E-state index in [1.165, 1.54) is 25.6 Å². The van der Waals surface area contributed by atoms with Crippen LogP contribution in [0.15, 0.2) is 36.8 Å². The molecule has 0 unspecified atom stereocenters. The number of hydrogen-bond donors (Lipinski definition) is 0. The number of rotatable bonds is 3. The van der Waals surface area contributed by atoms with Crippen molar-refractivity contribution in [3.8, 4) is 5.75 Å². The minimum atomic E-state index is -0.303. The maximum atomic E-state index is 13.0. The molecule has 82 valence electrons. The zero-order valence-corrected chi connectivity index (χ0v) is 8.85. The van der Waals surface area contributed by atoms with Crippen LogP contribution in [-0.4, -0.2) is 17.1 Å². The highest BCUT2D eigenvalue weighted by Crippen LogP contribution is 2.21. The van der Waals surface area contributed by atoms with Gasteiger partial charge in [0, 0.05) is 29.9 Å². The van der Waals surface area contributed by atoms with Crippen molar-refractivity contribution in [2.24, 2.45) is 0 Å². The van der Waals surface area contributed by atoms with Gasteiger partial charge in [-0.3, -0.25) is 0 Å². The largest absolute Gasteiger partial charge is 0.496 e. The number of methoxy groups -OCH3 is 1. The van der Waals surface area contributed by atoms with Crippen LogP contribution in [0.5, 0.6) is 5.75 Å². The van der Waals surface area contributed by atoms with Gasteiger partial charge in [-0.25, -0.2) is 14.4 Å². The van der Waals surface area contributed by atoms with Gasteiger partial charge in [0.05, 0.1) is 7.11 Å². The Morgan fingerprint density at radius 2 is 2.19 bits per heavy atom. The Morgan fingerprint density at radius 1 is 1.31 bits per heavy atom. The highest BCUT2D eigenvalue weighted by atomic mass is 19.1. The molecule has 0 bridgehead atoms. The van der Waals surface area contributed by atoms with Crippen molar-refractivity contribution < 1.29 is 9.13 Å². The smallest absolute Gasteiger partial charge is 0.126 e. The third-order valence-electron chi connectivity index (χ3n) is 2.26. The van der Waals surface area contributed by atoms with E-state index in [1.54, 1.807) is 12.3 Å². The minimum Gasteiger partial charge on any atom is -0.496 e. The first kappa shape index (κ1) is 10.5. The summed E-state index contributed by atoms with van der Waals surface area (Å²) in [4.78, 5) is 7.95. The molecular weight excluding hydrogens is 207 g/mol. The molecule has 1 aromatic heterocycles. The summed E-state index contributed by atoms with van der Waals surface area (Å²) in [5, 5.41) is 0. The Hall–Kier alpha value is -1.97. The Labute approximate surface area is 92.9 Å². The Morgan fingerprint density at radius 3 is 2.88 bits per heavy atom. The molecular formula is C12H11FN2O. The lowest BCUT2D eigenvalue weighted by atomic mass is 10.1. The zero-order chi connectivity index (χ0) is 11.4. The topological polar surface area (TPSA) is 35.0 Å². The van der Waals surface area contributed by atoms with E-state index in [9.17, 15) is 4.39 Å². The number of hydrogen-bond acceptors (Lipinski definition) is 3. The van der Waals surface area contributed by atoms with Gasteiger partial charge < -0.3 is 4.74 Å². The van der Waals surface area contributed by atoms with Crippen LogP contribution in [-0.2, 0) is 6.42 Å². The summed E-state index contributed by atoms with van der Waals surface area (Å²) in [6.07, 6.45) is 3.77. The van der Waals surface area contributed by atoms with Crippen molar-refractivity contribution in [3.05, 3.63) is 53.9 Å². The van der Waals surface area contributed by atoms with Crippen LogP contribution in [0.2, 0.25) is 0 Å². The molecule has 0 saturated carbocycles. The zero-order valence-electron chi connectivity index (χ0n) is 8.85. The average molecular weight is 218 g/mol. The first-order valence-corrected chi connectivity index (χ1v) is 4.87. The molecule has 0 spiro atoms. The van der Waals surface area contributed by atoms with Gasteiger partial charge in [0.25, 0.3) is 0 Å². The second kappa shape index (κ2) is 4.70. The van der Waals surface area contributed by atoms with Crippen molar-refractivity contribution in [1.82, 2.24) is 9.97 Å². The molecule has 0 atom stereocenters. The summed E-state index contributed by atoms with van der Waals surface area (Å²) in [5.41, 5.74) is 1.78. The molecule has 1 heterocycles. The van der Waals surface area contributed by atoms with Gasteiger partial charge in [0.15, 0.2) is 0 Å². The molecule has 0 aliphatic rings. The fourth-order valence-electron chi connectivity index (χ4n) is 1.48. The monoisotopic (exact) mass is 218 g/mol. The summed E-state index contributed by atoms with van der Waals surface area (Å²) in [7, 11) is 1.53. The van der Waals surface area contributed by atoms with Gasteiger partial charge in [-0.1, -0.05) is 6.07 Å². The Bertz CT molecular complexity index is 474. The Kier molecular flexibility index (Phi) is 3.10. The van der Waals surface area contributed by atoms with Crippen LogP contribution in [0.4, 0.5) is 4.39 Å². The average Bonchev–Trinajstić information content (AvgIpc) is 2.33. The summed E-state index contributed by atoms with van der Waals surface area (Å²) < 4.78 is 18.1. The summed E-state index contributed by atoms with van der Waals surface area (Å²) in [5.74, 6) is 0.238. The number of nitrogens with zero attached hydrogens (tertiary/aromatic N) is 2. The number of benzene rings is 1. The molecule has 4 heteroatoms. The van der Waals surface area contributed by atoms with Crippen LogP contribution in [0, 0.1) is 5.82 Å². The lowest BCUT2D eigenvalue weighted by molar-refractivity contribution is 0.407. The van der Waals surface area contributed by atoms with E-state index in [0.29, 0.717) is 12.2 Å². The minimum absolute atomic E-state index is 0.303. The summed E-state index contributed by atoms with van der Waals surface area (Å²) in [6.45, 7) is 0. The number of halogens is 1. The molecule has 0 fully saturated rings. The van der Waals surface area contributed by atoms with E-state index in [1.807, 2.05) is 6.07 Å². The predicted octanol–water partition coefficient (Wildman–Crippen LogP) is 2.22. The molecule has 2 aromatic rings. The van der Waals surface area contributed by atoms with Gasteiger partial charge in [-0.15, -0.1) is 0 Å². The molecule has 2 rings (SSSR count). The molecule has 1 aromatic carbocycles. The fraction of sp³-hybridized carbons (Fsp3) is 0.167. The van der Waals surface area contributed by atoms with Gasteiger partial charge in [0.2, 0.25) is 0 Å². The molecule has 0 N–H and O–H groups in total. The lowest BCUT2D eigenvalue weighted by Crippen LogP contribution is -1.96. The van der Waals surface area contributed by atoms with E-state index in [2.05, 4.69) is 9.97 Å². The number of ether oxygens (including phenoxy) is 1. The van der Waals surface area contributed by atoms with E-state index in [-0.39, 0.29) is 5.82 Å². The van der Waals surface area contributed by atoms with Crippen molar-refractivity contribution in [1.29, 1.82) is 0 Å².